The first-order valence-electron chi connectivity index (χ1n) is 10.2. The molecule has 1 saturated heterocycles. The summed E-state index contributed by atoms with van der Waals surface area (Å²) < 4.78 is 13.7. The molecule has 1 aliphatic heterocycles. The van der Waals surface area contributed by atoms with Crippen LogP contribution in [0.3, 0.4) is 0 Å². The fraction of sp³-hybridized carbons (Fsp3) is 0.619. The van der Waals surface area contributed by atoms with Gasteiger partial charge in [0.15, 0.2) is 5.96 Å². The number of likely N-dealkylation sites (tertiary alicyclic amines) is 1. The van der Waals surface area contributed by atoms with E-state index in [0.29, 0.717) is 18.0 Å². The highest BCUT2D eigenvalue weighted by atomic mass is 127. The first kappa shape index (κ1) is 22.9. The number of rotatable bonds is 5. The van der Waals surface area contributed by atoms with Crippen LogP contribution in [0.25, 0.3) is 0 Å². The standard InChI is InChI=1S/C21H31FN4O.HI/c1-3-23-21(24-13-16-9-8-15(2)19(22)12-16)25-18-10-11-26(14-18)20(27)17-6-4-5-7-17;/h8-9,12,17-18H,3-7,10-11,13-14H2,1-2H3,(H2,23,24,25);1H. The van der Waals surface area contributed by atoms with Gasteiger partial charge in [-0.1, -0.05) is 25.0 Å². The zero-order valence-corrected chi connectivity index (χ0v) is 19.2. The Morgan fingerprint density at radius 1 is 1.29 bits per heavy atom. The molecule has 1 amide bonds. The molecule has 1 aromatic rings. The van der Waals surface area contributed by atoms with Gasteiger partial charge in [-0.15, -0.1) is 24.0 Å². The SMILES string of the molecule is CCNC(=NCc1ccc(C)c(F)c1)NC1CCN(C(=O)C2CCCC2)C1.I. The van der Waals surface area contributed by atoms with E-state index in [1.165, 1.54) is 12.8 Å². The average Bonchev–Trinajstić information content (AvgIpc) is 3.34. The van der Waals surface area contributed by atoms with Crippen molar-refractivity contribution in [1.82, 2.24) is 15.5 Å². The fourth-order valence-corrected chi connectivity index (χ4v) is 3.93. The topological polar surface area (TPSA) is 56.7 Å². The molecule has 1 heterocycles. The molecule has 0 bridgehead atoms. The molecule has 1 aliphatic carbocycles. The van der Waals surface area contributed by atoms with E-state index < -0.39 is 0 Å². The Hall–Kier alpha value is -1.38. The molecule has 2 N–H and O–H groups in total. The summed E-state index contributed by atoms with van der Waals surface area (Å²) in [5.74, 6) is 1.09. The van der Waals surface area contributed by atoms with Crippen molar-refractivity contribution in [2.24, 2.45) is 10.9 Å². The maximum atomic E-state index is 13.7. The van der Waals surface area contributed by atoms with Crippen LogP contribution in [0.15, 0.2) is 23.2 Å². The highest BCUT2D eigenvalue weighted by Crippen LogP contribution is 2.27. The normalized spacial score (nSPS) is 20.2. The highest BCUT2D eigenvalue weighted by molar-refractivity contribution is 14.0. The number of nitrogens with zero attached hydrogens (tertiary/aromatic N) is 2. The molecule has 2 fully saturated rings. The number of benzene rings is 1. The maximum Gasteiger partial charge on any atom is 0.225 e. The van der Waals surface area contributed by atoms with Gasteiger partial charge < -0.3 is 15.5 Å². The van der Waals surface area contributed by atoms with E-state index in [1.54, 1.807) is 19.1 Å². The molecule has 5 nitrogen and oxygen atoms in total. The minimum Gasteiger partial charge on any atom is -0.357 e. The van der Waals surface area contributed by atoms with Crippen molar-refractivity contribution >= 4 is 35.8 Å². The lowest BCUT2D eigenvalue weighted by Crippen LogP contribution is -2.45. The average molecular weight is 502 g/mol. The quantitative estimate of drug-likeness (QED) is 0.368. The lowest BCUT2D eigenvalue weighted by molar-refractivity contribution is -0.134. The summed E-state index contributed by atoms with van der Waals surface area (Å²) in [5.41, 5.74) is 1.49. The van der Waals surface area contributed by atoms with Crippen LogP contribution in [0.2, 0.25) is 0 Å². The third-order valence-corrected chi connectivity index (χ3v) is 5.55. The van der Waals surface area contributed by atoms with Crippen LogP contribution in [-0.2, 0) is 11.3 Å². The summed E-state index contributed by atoms with van der Waals surface area (Å²) in [7, 11) is 0. The molecule has 28 heavy (non-hydrogen) atoms. The Bertz CT molecular complexity index is 691. The van der Waals surface area contributed by atoms with Gasteiger partial charge in [-0.05, 0) is 50.3 Å². The molecule has 156 valence electrons. The molecule has 7 heteroatoms. The lowest BCUT2D eigenvalue weighted by Gasteiger charge is -2.21. The van der Waals surface area contributed by atoms with Crippen molar-refractivity contribution in [3.63, 3.8) is 0 Å². The van der Waals surface area contributed by atoms with E-state index in [-0.39, 0.29) is 41.8 Å². The number of nitrogens with one attached hydrogen (secondary N) is 2. The molecule has 1 unspecified atom stereocenters. The van der Waals surface area contributed by atoms with Crippen molar-refractivity contribution < 1.29 is 9.18 Å². The largest absolute Gasteiger partial charge is 0.357 e. The number of guanidine groups is 1. The Morgan fingerprint density at radius 2 is 2.04 bits per heavy atom. The molecule has 3 rings (SSSR count). The summed E-state index contributed by atoms with van der Waals surface area (Å²) in [5, 5.41) is 6.69. The highest BCUT2D eigenvalue weighted by Gasteiger charge is 2.32. The lowest BCUT2D eigenvalue weighted by atomic mass is 10.1. The summed E-state index contributed by atoms with van der Waals surface area (Å²) >= 11 is 0. The van der Waals surface area contributed by atoms with Gasteiger partial charge in [-0.25, -0.2) is 9.38 Å². The van der Waals surface area contributed by atoms with Crippen LogP contribution in [0, 0.1) is 18.7 Å². The Labute approximate surface area is 184 Å². The molecule has 1 aromatic carbocycles. The minimum atomic E-state index is -0.197. The van der Waals surface area contributed by atoms with Crippen molar-refractivity contribution in [2.45, 2.75) is 58.5 Å². The fourth-order valence-electron chi connectivity index (χ4n) is 3.93. The summed E-state index contributed by atoms with van der Waals surface area (Å²) in [6, 6.07) is 5.44. The Morgan fingerprint density at radius 3 is 2.71 bits per heavy atom. The predicted molar refractivity (Wildman–Crippen MR) is 121 cm³/mol. The van der Waals surface area contributed by atoms with Crippen LogP contribution in [0.5, 0.6) is 0 Å². The van der Waals surface area contributed by atoms with Crippen LogP contribution in [-0.4, -0.2) is 42.4 Å². The first-order valence-corrected chi connectivity index (χ1v) is 10.2. The van der Waals surface area contributed by atoms with Crippen LogP contribution in [0.4, 0.5) is 4.39 Å². The number of hydrogen-bond donors (Lipinski definition) is 2. The summed E-state index contributed by atoms with van der Waals surface area (Å²) in [6.45, 7) is 6.50. The first-order chi connectivity index (χ1) is 13.1. The van der Waals surface area contributed by atoms with Crippen molar-refractivity contribution in [3.8, 4) is 0 Å². The molecule has 0 spiro atoms. The number of carbonyl (C=O) groups is 1. The van der Waals surface area contributed by atoms with Gasteiger partial charge in [0.25, 0.3) is 0 Å². The van der Waals surface area contributed by atoms with E-state index in [1.807, 2.05) is 17.9 Å². The number of aryl methyl sites for hydroxylation is 1. The summed E-state index contributed by atoms with van der Waals surface area (Å²) in [6.07, 6.45) is 5.39. The second-order valence-corrected chi connectivity index (χ2v) is 7.67. The van der Waals surface area contributed by atoms with Crippen molar-refractivity contribution in [1.29, 1.82) is 0 Å². The molecule has 0 radical (unpaired) electrons. The molecular weight excluding hydrogens is 470 g/mol. The molecule has 1 saturated carbocycles. The van der Waals surface area contributed by atoms with Gasteiger partial charge in [0.2, 0.25) is 5.91 Å². The van der Waals surface area contributed by atoms with Crippen LogP contribution >= 0.6 is 24.0 Å². The Balaban J connectivity index is 0.00000280. The van der Waals surface area contributed by atoms with Crippen molar-refractivity contribution in [2.75, 3.05) is 19.6 Å². The zero-order chi connectivity index (χ0) is 19.2. The number of carbonyl (C=O) groups excluding carboxylic acids is 1. The van der Waals surface area contributed by atoms with Gasteiger partial charge in [-0.3, -0.25) is 4.79 Å². The van der Waals surface area contributed by atoms with Crippen LogP contribution < -0.4 is 10.6 Å². The van der Waals surface area contributed by atoms with Crippen molar-refractivity contribution in [3.05, 3.63) is 35.1 Å². The van der Waals surface area contributed by atoms with E-state index in [4.69, 9.17) is 0 Å². The monoisotopic (exact) mass is 502 g/mol. The van der Waals surface area contributed by atoms with Gasteiger partial charge >= 0.3 is 0 Å². The summed E-state index contributed by atoms with van der Waals surface area (Å²) in [4.78, 5) is 19.2. The molecular formula is C21H32FIN4O. The predicted octanol–water partition coefficient (Wildman–Crippen LogP) is 3.60. The molecule has 2 aliphatic rings. The second-order valence-electron chi connectivity index (χ2n) is 7.67. The zero-order valence-electron chi connectivity index (χ0n) is 16.8. The molecule has 1 atom stereocenters. The smallest absolute Gasteiger partial charge is 0.225 e. The van der Waals surface area contributed by atoms with Gasteiger partial charge in [0.1, 0.15) is 5.82 Å². The van der Waals surface area contributed by atoms with E-state index in [9.17, 15) is 9.18 Å². The molecule has 0 aromatic heterocycles. The number of aliphatic imine (C=N–C) groups is 1. The Kier molecular flexibility index (Phi) is 8.98. The van der Waals surface area contributed by atoms with Gasteiger partial charge in [0, 0.05) is 31.6 Å². The van der Waals surface area contributed by atoms with Crippen LogP contribution in [0.1, 0.15) is 50.2 Å². The van der Waals surface area contributed by atoms with E-state index >= 15 is 0 Å². The third-order valence-electron chi connectivity index (χ3n) is 5.55. The number of halogens is 2. The second kappa shape index (κ2) is 11.0. The number of amides is 1. The van der Waals surface area contributed by atoms with Gasteiger partial charge in [-0.2, -0.15) is 0 Å². The minimum absolute atomic E-state index is 0. The van der Waals surface area contributed by atoms with E-state index in [2.05, 4.69) is 15.6 Å². The number of hydrogen-bond acceptors (Lipinski definition) is 2. The van der Waals surface area contributed by atoms with Gasteiger partial charge in [0.05, 0.1) is 6.54 Å². The third kappa shape index (κ3) is 6.06. The van der Waals surface area contributed by atoms with E-state index in [0.717, 1.165) is 50.4 Å². The maximum absolute atomic E-state index is 13.7.